The second-order valence-corrected chi connectivity index (χ2v) is 16.5. The molecule has 0 nitrogen and oxygen atoms in total. The van der Waals surface area contributed by atoms with E-state index in [1.54, 1.807) is 0 Å². The van der Waals surface area contributed by atoms with Gasteiger partial charge in [0.25, 0.3) is 0 Å². The van der Waals surface area contributed by atoms with Crippen LogP contribution in [0.4, 0.5) is 0 Å². The van der Waals surface area contributed by atoms with E-state index in [2.05, 4.69) is 148 Å². The average molecular weight is 477 g/mol. The van der Waals surface area contributed by atoms with E-state index in [9.17, 15) is 0 Å². The Kier molecular flexibility index (Phi) is 7.44. The molecule has 0 atom stereocenters. The van der Waals surface area contributed by atoms with Crippen molar-refractivity contribution in [3.05, 3.63) is 69.3 Å². The zero-order valence-electron chi connectivity index (χ0n) is 26.4. The molecule has 0 amide bonds. The Morgan fingerprint density at radius 3 is 1.09 bits per heavy atom. The Morgan fingerprint density at radius 1 is 0.343 bits per heavy atom. The summed E-state index contributed by atoms with van der Waals surface area (Å²) in [7, 11) is 0. The van der Waals surface area contributed by atoms with Gasteiger partial charge in [-0.15, -0.1) is 0 Å². The van der Waals surface area contributed by atoms with Crippen molar-refractivity contribution in [3.8, 4) is 0 Å². The molecule has 0 aromatic heterocycles. The van der Waals surface area contributed by atoms with E-state index in [1.807, 2.05) is 0 Å². The minimum Gasteiger partial charge on any atom is -0.0582 e. The Morgan fingerprint density at radius 2 is 0.714 bits per heavy atom. The van der Waals surface area contributed by atoms with Gasteiger partial charge in [-0.1, -0.05) is 148 Å². The molecule has 2 aromatic carbocycles. The molecule has 0 unspecified atom stereocenters. The predicted molar refractivity (Wildman–Crippen MR) is 159 cm³/mol. The molecule has 0 heteroatoms. The Bertz CT molecular complexity index is 1060. The molecular formula is C35H56. The number of rotatable bonds is 2. The summed E-state index contributed by atoms with van der Waals surface area (Å²) in [5, 5.41) is 0. The van der Waals surface area contributed by atoms with Gasteiger partial charge < -0.3 is 0 Å². The molecular weight excluding hydrogens is 420 g/mol. The molecule has 0 heterocycles. The molecule has 0 radical (unpaired) electrons. The van der Waals surface area contributed by atoms with Crippen molar-refractivity contribution in [3.63, 3.8) is 0 Å². The summed E-state index contributed by atoms with van der Waals surface area (Å²) >= 11 is 0. The van der Waals surface area contributed by atoms with Crippen molar-refractivity contribution in [2.24, 2.45) is 0 Å². The van der Waals surface area contributed by atoms with Gasteiger partial charge in [-0.25, -0.2) is 0 Å². The van der Waals surface area contributed by atoms with Gasteiger partial charge in [0.15, 0.2) is 0 Å². The summed E-state index contributed by atoms with van der Waals surface area (Å²) in [5.41, 5.74) is 10.6. The molecule has 196 valence electrons. The van der Waals surface area contributed by atoms with Crippen molar-refractivity contribution >= 4 is 0 Å². The lowest BCUT2D eigenvalue weighted by Crippen LogP contribution is -2.34. The van der Waals surface area contributed by atoms with Crippen molar-refractivity contribution < 1.29 is 0 Å². The Hall–Kier alpha value is -1.56. The monoisotopic (exact) mass is 476 g/mol. The maximum absolute atomic E-state index is 2.49. The van der Waals surface area contributed by atoms with E-state index in [-0.39, 0.29) is 32.5 Å². The lowest BCUT2D eigenvalue weighted by atomic mass is 9.62. The highest BCUT2D eigenvalue weighted by Gasteiger charge is 2.39. The van der Waals surface area contributed by atoms with E-state index >= 15 is 0 Å². The van der Waals surface area contributed by atoms with Gasteiger partial charge in [-0.05, 0) is 66.0 Å². The van der Waals surface area contributed by atoms with Crippen LogP contribution in [-0.2, 0) is 32.5 Å². The summed E-state index contributed by atoms with van der Waals surface area (Å²) < 4.78 is 0. The van der Waals surface area contributed by atoms with Crippen LogP contribution in [0, 0.1) is 0 Å². The zero-order valence-corrected chi connectivity index (χ0v) is 26.4. The zero-order chi connectivity index (χ0) is 27.6. The van der Waals surface area contributed by atoms with Crippen LogP contribution in [0.5, 0.6) is 0 Å². The second-order valence-electron chi connectivity index (χ2n) is 16.5. The summed E-state index contributed by atoms with van der Waals surface area (Å²) in [6.07, 6.45) is 0. The molecule has 0 saturated heterocycles. The molecule has 0 aliphatic carbocycles. The largest absolute Gasteiger partial charge is 0.0582 e. The van der Waals surface area contributed by atoms with Gasteiger partial charge >= 0.3 is 0 Å². The van der Waals surface area contributed by atoms with Crippen molar-refractivity contribution in [1.82, 2.24) is 0 Å². The summed E-state index contributed by atoms with van der Waals surface area (Å²) in [4.78, 5) is 0. The third kappa shape index (κ3) is 6.06. The Balaban J connectivity index is 3.06. The first-order valence-corrected chi connectivity index (χ1v) is 13.6. The predicted octanol–water partition coefficient (Wildman–Crippen LogP) is 10.5. The van der Waals surface area contributed by atoms with Crippen molar-refractivity contribution in [2.75, 3.05) is 0 Å². The SMILES string of the molecule is CC(C)(C)c1ccc(C(C)(C)c2ccc(C(C)(C)C)c(C(C)(C)C)c2C(C)(C)C)c(C(C)(C)C)c1. The number of hydrogen-bond donors (Lipinski definition) is 0. The topological polar surface area (TPSA) is 0 Å². The highest BCUT2D eigenvalue weighted by atomic mass is 14.4. The number of benzene rings is 2. The van der Waals surface area contributed by atoms with Crippen LogP contribution >= 0.6 is 0 Å². The summed E-state index contributed by atoms with van der Waals surface area (Å²) in [6, 6.07) is 12.2. The number of hydrogen-bond acceptors (Lipinski definition) is 0. The molecule has 2 rings (SSSR count). The first kappa shape index (κ1) is 29.7. The van der Waals surface area contributed by atoms with Crippen LogP contribution in [0.1, 0.15) is 157 Å². The van der Waals surface area contributed by atoms with Crippen LogP contribution in [0.3, 0.4) is 0 Å². The van der Waals surface area contributed by atoms with Gasteiger partial charge in [0, 0.05) is 5.41 Å². The van der Waals surface area contributed by atoms with Crippen LogP contribution in [-0.4, -0.2) is 0 Å². The molecule has 2 aromatic rings. The van der Waals surface area contributed by atoms with Gasteiger partial charge in [0.2, 0.25) is 0 Å². The maximum atomic E-state index is 2.49. The lowest BCUT2D eigenvalue weighted by molar-refractivity contribution is 0.479. The highest BCUT2D eigenvalue weighted by Crippen LogP contribution is 2.48. The van der Waals surface area contributed by atoms with Crippen LogP contribution in [0.25, 0.3) is 0 Å². The van der Waals surface area contributed by atoms with E-state index in [1.165, 1.54) is 38.9 Å². The van der Waals surface area contributed by atoms with Crippen LogP contribution in [0.2, 0.25) is 0 Å². The minimum atomic E-state index is -0.127. The molecule has 0 aliphatic rings. The van der Waals surface area contributed by atoms with Crippen LogP contribution < -0.4 is 0 Å². The van der Waals surface area contributed by atoms with Crippen molar-refractivity contribution in [1.29, 1.82) is 0 Å². The lowest BCUT2D eigenvalue weighted by Gasteiger charge is -2.42. The fraction of sp³-hybridized carbons (Fsp3) is 0.657. The van der Waals surface area contributed by atoms with Gasteiger partial charge in [0.1, 0.15) is 0 Å². The first-order valence-electron chi connectivity index (χ1n) is 13.6. The van der Waals surface area contributed by atoms with E-state index in [0.717, 1.165) is 0 Å². The standard InChI is InChI=1S/C35H56/c1-30(2,3)23-18-19-24(27(22-23)32(7,8)9)35(16,17)26-21-20-25(31(4,5)6)28(33(10,11)12)29(26)34(13,14)15/h18-22H,1-17H3. The smallest absolute Gasteiger partial charge is 0.0152 e. The minimum absolute atomic E-state index is 0.0315. The molecule has 0 saturated carbocycles. The third-order valence-electron chi connectivity index (χ3n) is 7.55. The van der Waals surface area contributed by atoms with E-state index < -0.39 is 0 Å². The molecule has 0 N–H and O–H groups in total. The summed E-state index contributed by atoms with van der Waals surface area (Å²) in [5.74, 6) is 0. The van der Waals surface area contributed by atoms with E-state index in [4.69, 9.17) is 0 Å². The Labute approximate surface area is 219 Å². The average Bonchev–Trinajstić information content (AvgIpc) is 2.62. The molecule has 0 bridgehead atoms. The molecule has 0 aliphatic heterocycles. The van der Waals surface area contributed by atoms with Gasteiger partial charge in [-0.2, -0.15) is 0 Å². The highest BCUT2D eigenvalue weighted by molar-refractivity contribution is 5.57. The van der Waals surface area contributed by atoms with Gasteiger partial charge in [-0.3, -0.25) is 0 Å². The summed E-state index contributed by atoms with van der Waals surface area (Å²) in [6.45, 7) is 40.4. The first-order chi connectivity index (χ1) is 15.3. The fourth-order valence-corrected chi connectivity index (χ4v) is 5.63. The molecule has 0 spiro atoms. The van der Waals surface area contributed by atoms with Crippen molar-refractivity contribution in [2.45, 2.75) is 150 Å². The third-order valence-corrected chi connectivity index (χ3v) is 7.55. The molecule has 0 fully saturated rings. The van der Waals surface area contributed by atoms with Gasteiger partial charge in [0.05, 0.1) is 0 Å². The quantitative estimate of drug-likeness (QED) is 0.404. The fourth-order valence-electron chi connectivity index (χ4n) is 5.63. The van der Waals surface area contributed by atoms with Crippen LogP contribution in [0.15, 0.2) is 30.3 Å². The normalized spacial score (nSPS) is 14.4. The molecule has 35 heavy (non-hydrogen) atoms. The maximum Gasteiger partial charge on any atom is 0.0152 e. The second kappa shape index (κ2) is 8.78. The van der Waals surface area contributed by atoms with E-state index in [0.29, 0.717) is 0 Å².